The van der Waals surface area contributed by atoms with Gasteiger partial charge in [0.1, 0.15) is 5.84 Å². The van der Waals surface area contributed by atoms with Gasteiger partial charge in [0.15, 0.2) is 5.82 Å². The molecule has 0 radical (unpaired) electrons. The van der Waals surface area contributed by atoms with Crippen LogP contribution in [0.25, 0.3) is 0 Å². The number of anilines is 1. The maximum Gasteiger partial charge on any atom is 0.153 e. The minimum absolute atomic E-state index is 0.214. The second kappa shape index (κ2) is 3.37. The molecule has 1 unspecified atom stereocenters. The zero-order valence-corrected chi connectivity index (χ0v) is 9.22. The average Bonchev–Trinajstić information content (AvgIpc) is 3.00. The molecule has 16 heavy (non-hydrogen) atoms. The van der Waals surface area contributed by atoms with Crippen LogP contribution < -0.4 is 10.7 Å². The van der Waals surface area contributed by atoms with Gasteiger partial charge < -0.3 is 15.7 Å². The van der Waals surface area contributed by atoms with Gasteiger partial charge in [0.05, 0.1) is 11.7 Å². The second-order valence-corrected chi connectivity index (χ2v) is 4.36. The predicted molar refractivity (Wildman–Crippen MR) is 65.2 cm³/mol. The zero-order chi connectivity index (χ0) is 11.1. The summed E-state index contributed by atoms with van der Waals surface area (Å²) >= 11 is 0. The summed E-state index contributed by atoms with van der Waals surface area (Å²) in [6.07, 6.45) is 6.20. The number of hydrogen-bond donors (Lipinski definition) is 2. The van der Waals surface area contributed by atoms with Crippen LogP contribution in [0.1, 0.15) is 19.8 Å². The molecule has 84 valence electrons. The molecule has 1 aliphatic heterocycles. The quantitative estimate of drug-likeness (QED) is 0.325. The average molecular weight is 217 g/mol. The molecule has 5 heteroatoms. The Hall–Kier alpha value is -1.78. The van der Waals surface area contributed by atoms with Gasteiger partial charge in [-0.15, -0.1) is 0 Å². The van der Waals surface area contributed by atoms with Crippen molar-refractivity contribution < 1.29 is 0 Å². The van der Waals surface area contributed by atoms with E-state index in [4.69, 9.17) is 5.84 Å². The van der Waals surface area contributed by atoms with Crippen LogP contribution in [0.3, 0.4) is 0 Å². The maximum atomic E-state index is 5.52. The highest BCUT2D eigenvalue weighted by atomic mass is 15.3. The van der Waals surface area contributed by atoms with E-state index >= 15 is 0 Å². The number of amidine groups is 1. The molecule has 0 saturated heterocycles. The van der Waals surface area contributed by atoms with Crippen molar-refractivity contribution >= 4 is 23.6 Å². The Morgan fingerprint density at radius 2 is 2.44 bits per heavy atom. The Bertz CT molecular complexity index is 455. The highest BCUT2D eigenvalue weighted by Crippen LogP contribution is 2.38. The Kier molecular flexibility index (Phi) is 1.99. The number of nitrogens with two attached hydrogens (primary N) is 1. The summed E-state index contributed by atoms with van der Waals surface area (Å²) in [5, 5.41) is 3.97. The molecular formula is C11H15N5. The lowest BCUT2D eigenvalue weighted by molar-refractivity contribution is 0.889. The first kappa shape index (κ1) is 9.45. The third-order valence-electron chi connectivity index (χ3n) is 3.11. The predicted octanol–water partition coefficient (Wildman–Crippen LogP) is 1.61. The van der Waals surface area contributed by atoms with E-state index in [1.807, 2.05) is 18.5 Å². The number of nitrogens with one attached hydrogen (secondary N) is 1. The van der Waals surface area contributed by atoms with Gasteiger partial charge >= 0.3 is 0 Å². The molecule has 1 fully saturated rings. The number of H-pyrrole nitrogens is 1. The van der Waals surface area contributed by atoms with E-state index in [-0.39, 0.29) is 6.04 Å². The number of aromatic nitrogens is 1. The van der Waals surface area contributed by atoms with Crippen LogP contribution in [0.4, 0.5) is 11.5 Å². The summed E-state index contributed by atoms with van der Waals surface area (Å²) in [6.45, 7) is 2.10. The van der Waals surface area contributed by atoms with Crippen LogP contribution in [-0.2, 0) is 0 Å². The molecule has 1 aromatic rings. The summed E-state index contributed by atoms with van der Waals surface area (Å²) in [5.74, 6) is 7.93. The van der Waals surface area contributed by atoms with Gasteiger partial charge in [0, 0.05) is 18.3 Å². The number of hydrazone groups is 1. The number of aromatic amines is 1. The van der Waals surface area contributed by atoms with Crippen LogP contribution in [0.15, 0.2) is 22.4 Å². The molecule has 1 aromatic heterocycles. The zero-order valence-electron chi connectivity index (χ0n) is 9.22. The van der Waals surface area contributed by atoms with Crippen molar-refractivity contribution in [1.29, 1.82) is 0 Å². The van der Waals surface area contributed by atoms with Crippen LogP contribution in [0.5, 0.6) is 0 Å². The van der Waals surface area contributed by atoms with E-state index in [9.17, 15) is 0 Å². The summed E-state index contributed by atoms with van der Waals surface area (Å²) in [6, 6.07) is 2.24. The Balaban J connectivity index is 2.02. The third-order valence-corrected chi connectivity index (χ3v) is 3.11. The molecule has 0 spiro atoms. The number of rotatable bonds is 1. The van der Waals surface area contributed by atoms with Crippen molar-refractivity contribution in [3.05, 3.63) is 12.3 Å². The number of hydrogen-bond acceptors (Lipinski definition) is 3. The van der Waals surface area contributed by atoms with Crippen molar-refractivity contribution in [2.45, 2.75) is 25.8 Å². The number of fused-ring (bicyclic) bond motifs is 1. The highest BCUT2D eigenvalue weighted by molar-refractivity contribution is 6.07. The molecule has 1 atom stereocenters. The fourth-order valence-electron chi connectivity index (χ4n) is 2.16. The van der Waals surface area contributed by atoms with Crippen molar-refractivity contribution in [3.8, 4) is 0 Å². The molecule has 0 bridgehead atoms. The van der Waals surface area contributed by atoms with E-state index in [2.05, 4.69) is 26.9 Å². The number of nitrogens with zero attached hydrogens (tertiary/aromatic N) is 3. The van der Waals surface area contributed by atoms with Gasteiger partial charge in [-0.3, -0.25) is 0 Å². The van der Waals surface area contributed by atoms with E-state index in [0.29, 0.717) is 5.92 Å². The lowest BCUT2D eigenvalue weighted by atomic mass is 10.2. The lowest BCUT2D eigenvalue weighted by Gasteiger charge is -2.31. The molecule has 5 nitrogen and oxygen atoms in total. The van der Waals surface area contributed by atoms with Gasteiger partial charge in [0.2, 0.25) is 0 Å². The van der Waals surface area contributed by atoms with E-state index in [1.54, 1.807) is 0 Å². The molecule has 0 aromatic carbocycles. The first-order valence-electron chi connectivity index (χ1n) is 5.60. The fraction of sp³-hybridized carbons (Fsp3) is 0.455. The van der Waals surface area contributed by atoms with E-state index in [0.717, 1.165) is 17.3 Å². The fourth-order valence-corrected chi connectivity index (χ4v) is 2.16. The smallest absolute Gasteiger partial charge is 0.153 e. The van der Waals surface area contributed by atoms with Crippen LogP contribution in [-0.4, -0.2) is 23.1 Å². The molecule has 3 rings (SSSR count). The third kappa shape index (κ3) is 1.31. The molecule has 3 N–H and O–H groups in total. The van der Waals surface area contributed by atoms with Crippen LogP contribution in [0, 0.1) is 5.92 Å². The molecule has 2 heterocycles. The Morgan fingerprint density at radius 3 is 3.12 bits per heavy atom. The van der Waals surface area contributed by atoms with E-state index < -0.39 is 0 Å². The molecule has 1 saturated carbocycles. The second-order valence-electron chi connectivity index (χ2n) is 4.36. The minimum atomic E-state index is 0.214. The number of aliphatic imine (C=N–C) groups is 1. The Morgan fingerprint density at radius 1 is 1.62 bits per heavy atom. The molecular weight excluding hydrogens is 202 g/mol. The summed E-state index contributed by atoms with van der Waals surface area (Å²) in [4.78, 5) is 9.65. The summed E-state index contributed by atoms with van der Waals surface area (Å²) in [7, 11) is 0. The van der Waals surface area contributed by atoms with Gasteiger partial charge in [-0.2, -0.15) is 5.10 Å². The van der Waals surface area contributed by atoms with Crippen molar-refractivity contribution in [1.82, 2.24) is 4.98 Å². The molecule has 0 amide bonds. The van der Waals surface area contributed by atoms with Gasteiger partial charge in [-0.25, -0.2) is 4.99 Å². The van der Waals surface area contributed by atoms with Crippen molar-refractivity contribution in [2.24, 2.45) is 21.9 Å². The Labute approximate surface area is 94.0 Å². The monoisotopic (exact) mass is 217 g/mol. The SMILES string of the molecule is CC1C=Nc2[nH]ccc2N1/C(=N\N)C1CC1. The van der Waals surface area contributed by atoms with Crippen molar-refractivity contribution in [3.63, 3.8) is 0 Å². The van der Waals surface area contributed by atoms with Gasteiger partial charge in [-0.05, 0) is 25.8 Å². The van der Waals surface area contributed by atoms with Gasteiger partial charge in [0.25, 0.3) is 0 Å². The lowest BCUT2D eigenvalue weighted by Crippen LogP contribution is -2.42. The van der Waals surface area contributed by atoms with Crippen LogP contribution in [0.2, 0.25) is 0 Å². The van der Waals surface area contributed by atoms with E-state index in [1.165, 1.54) is 12.8 Å². The summed E-state index contributed by atoms with van der Waals surface area (Å²) in [5.41, 5.74) is 1.08. The van der Waals surface area contributed by atoms with Crippen molar-refractivity contribution in [2.75, 3.05) is 4.90 Å². The topological polar surface area (TPSA) is 69.8 Å². The molecule has 1 aliphatic carbocycles. The summed E-state index contributed by atoms with van der Waals surface area (Å²) < 4.78 is 0. The highest BCUT2D eigenvalue weighted by Gasteiger charge is 2.36. The largest absolute Gasteiger partial charge is 0.345 e. The molecule has 2 aliphatic rings. The maximum absolute atomic E-state index is 5.52. The first-order chi connectivity index (χ1) is 7.81. The normalized spacial score (nSPS) is 24.7. The van der Waals surface area contributed by atoms with Gasteiger partial charge in [-0.1, -0.05) is 0 Å². The minimum Gasteiger partial charge on any atom is -0.345 e. The first-order valence-corrected chi connectivity index (χ1v) is 5.60. The standard InChI is InChI=1S/C11H15N5/c1-7-6-14-10-9(4-5-13-10)16(7)11(15-12)8-2-3-8/h4-8,13H,2-3,12H2,1H3/b15-11-. The van der Waals surface area contributed by atoms with Crippen LogP contribution >= 0.6 is 0 Å².